The van der Waals surface area contributed by atoms with Crippen LogP contribution in [0.5, 0.6) is 5.75 Å². The summed E-state index contributed by atoms with van der Waals surface area (Å²) in [6.07, 6.45) is 3.43. The number of para-hydroxylation sites is 1. The van der Waals surface area contributed by atoms with Crippen LogP contribution in [-0.4, -0.2) is 49.2 Å². The number of aromatic amines is 1. The smallest absolute Gasteiger partial charge is 0.246 e. The molecule has 7 nitrogen and oxygen atoms in total. The lowest BCUT2D eigenvalue weighted by atomic mass is 10.0. The molecule has 0 amide bonds. The molecule has 3 aromatic rings. The van der Waals surface area contributed by atoms with Crippen LogP contribution in [-0.2, 0) is 10.0 Å². The molecule has 2 aromatic carbocycles. The van der Waals surface area contributed by atoms with Crippen LogP contribution in [0.4, 0.5) is 5.69 Å². The molecule has 1 saturated heterocycles. The number of H-pyrrole nitrogens is 1. The molecule has 0 saturated carbocycles. The number of benzene rings is 2. The number of anilines is 1. The van der Waals surface area contributed by atoms with Crippen LogP contribution in [0.1, 0.15) is 37.0 Å². The highest BCUT2D eigenvalue weighted by atomic mass is 32.2. The molecule has 0 bridgehead atoms. The lowest BCUT2D eigenvalue weighted by molar-refractivity contribution is 0.0977. The minimum Gasteiger partial charge on any atom is -0.492 e. The van der Waals surface area contributed by atoms with Crippen LogP contribution in [0.2, 0.25) is 0 Å². The maximum absolute atomic E-state index is 13.2. The van der Waals surface area contributed by atoms with Crippen molar-refractivity contribution in [2.75, 3.05) is 25.0 Å². The fraction of sp³-hybridized carbons (Fsp3) is 0.348. The zero-order valence-corrected chi connectivity index (χ0v) is 18.5. The number of aromatic nitrogens is 1. The molecule has 1 aliphatic heterocycles. The van der Waals surface area contributed by atoms with E-state index in [0.717, 1.165) is 23.7 Å². The van der Waals surface area contributed by atoms with Crippen molar-refractivity contribution < 1.29 is 17.9 Å². The molecule has 1 fully saturated rings. The standard InChI is InChI=1S/C23H27N3O4S/c1-3-30-21-11-10-17(14-22(21)31(28,29)26-12-6-7-13-26)25-16(2)23(27)19-15-24-20-9-5-4-8-18(19)20/h4-5,8-11,14-16,24-25H,3,6-7,12-13H2,1-2H3. The first kappa shape index (κ1) is 21.4. The maximum atomic E-state index is 13.2. The van der Waals surface area contributed by atoms with Gasteiger partial charge in [-0.3, -0.25) is 4.79 Å². The summed E-state index contributed by atoms with van der Waals surface area (Å²) in [4.78, 5) is 16.3. The van der Waals surface area contributed by atoms with Crippen LogP contribution < -0.4 is 10.1 Å². The lowest BCUT2D eigenvalue weighted by Crippen LogP contribution is -2.29. The highest BCUT2D eigenvalue weighted by molar-refractivity contribution is 7.89. The highest BCUT2D eigenvalue weighted by Crippen LogP contribution is 2.32. The molecule has 2 heterocycles. The van der Waals surface area contributed by atoms with Crippen molar-refractivity contribution in [3.8, 4) is 5.75 Å². The molecule has 1 aliphatic rings. The monoisotopic (exact) mass is 441 g/mol. The van der Waals surface area contributed by atoms with Gasteiger partial charge in [0.1, 0.15) is 10.6 Å². The number of nitrogens with zero attached hydrogens (tertiary/aromatic N) is 1. The molecule has 1 atom stereocenters. The number of nitrogens with one attached hydrogen (secondary N) is 2. The van der Waals surface area contributed by atoms with Crippen LogP contribution in [0, 0.1) is 0 Å². The second kappa shape index (κ2) is 8.72. The van der Waals surface area contributed by atoms with E-state index in [1.807, 2.05) is 31.2 Å². The molecule has 0 spiro atoms. The average Bonchev–Trinajstić information content (AvgIpc) is 3.45. The zero-order chi connectivity index (χ0) is 22.0. The van der Waals surface area contributed by atoms with Gasteiger partial charge < -0.3 is 15.0 Å². The van der Waals surface area contributed by atoms with Gasteiger partial charge in [-0.15, -0.1) is 0 Å². The number of fused-ring (bicyclic) bond motifs is 1. The van der Waals surface area contributed by atoms with Gasteiger partial charge >= 0.3 is 0 Å². The minimum atomic E-state index is -3.66. The number of hydrogen-bond acceptors (Lipinski definition) is 5. The lowest BCUT2D eigenvalue weighted by Gasteiger charge is -2.20. The van der Waals surface area contributed by atoms with E-state index in [0.29, 0.717) is 36.7 Å². The Morgan fingerprint density at radius 1 is 1.19 bits per heavy atom. The summed E-state index contributed by atoms with van der Waals surface area (Å²) in [6, 6.07) is 12.1. The molecule has 31 heavy (non-hydrogen) atoms. The maximum Gasteiger partial charge on any atom is 0.246 e. The first-order valence-corrected chi connectivity index (χ1v) is 12.0. The molecule has 8 heteroatoms. The molecular formula is C23H27N3O4S. The molecular weight excluding hydrogens is 414 g/mol. The third-order valence-corrected chi connectivity index (χ3v) is 7.48. The predicted octanol–water partition coefficient (Wildman–Crippen LogP) is 4.03. The molecule has 2 N–H and O–H groups in total. The van der Waals surface area contributed by atoms with Gasteiger partial charge in [0.25, 0.3) is 0 Å². The van der Waals surface area contributed by atoms with Crippen molar-refractivity contribution in [1.82, 2.24) is 9.29 Å². The predicted molar refractivity (Wildman–Crippen MR) is 121 cm³/mol. The van der Waals surface area contributed by atoms with Gasteiger partial charge in [-0.05, 0) is 51.0 Å². The number of carbonyl (C=O) groups excluding carboxylic acids is 1. The molecule has 4 rings (SSSR count). The number of rotatable bonds is 8. The second-order valence-electron chi connectivity index (χ2n) is 7.68. The van der Waals surface area contributed by atoms with Gasteiger partial charge in [-0.25, -0.2) is 8.42 Å². The summed E-state index contributed by atoms with van der Waals surface area (Å²) >= 11 is 0. The highest BCUT2D eigenvalue weighted by Gasteiger charge is 2.30. The summed E-state index contributed by atoms with van der Waals surface area (Å²) < 4.78 is 33.5. The molecule has 0 aliphatic carbocycles. The van der Waals surface area contributed by atoms with E-state index < -0.39 is 16.1 Å². The summed E-state index contributed by atoms with van der Waals surface area (Å²) in [7, 11) is -3.66. The fourth-order valence-corrected chi connectivity index (χ4v) is 5.64. The number of carbonyl (C=O) groups is 1. The largest absolute Gasteiger partial charge is 0.492 e. The van der Waals surface area contributed by atoms with Gasteiger partial charge in [0, 0.05) is 41.4 Å². The van der Waals surface area contributed by atoms with E-state index in [1.165, 1.54) is 4.31 Å². The van der Waals surface area contributed by atoms with Crippen molar-refractivity contribution in [2.24, 2.45) is 0 Å². The van der Waals surface area contributed by atoms with E-state index in [4.69, 9.17) is 4.74 Å². The van der Waals surface area contributed by atoms with Crippen LogP contribution >= 0.6 is 0 Å². The quantitative estimate of drug-likeness (QED) is 0.515. The van der Waals surface area contributed by atoms with Gasteiger partial charge in [-0.1, -0.05) is 18.2 Å². The second-order valence-corrected chi connectivity index (χ2v) is 9.59. The van der Waals surface area contributed by atoms with E-state index in [-0.39, 0.29) is 10.7 Å². The zero-order valence-electron chi connectivity index (χ0n) is 17.7. The third kappa shape index (κ3) is 4.18. The van der Waals surface area contributed by atoms with Crippen molar-refractivity contribution in [3.63, 3.8) is 0 Å². The number of Topliss-reactive ketones (excluding diaryl/α,β-unsaturated/α-hetero) is 1. The van der Waals surface area contributed by atoms with E-state index in [1.54, 1.807) is 31.3 Å². The van der Waals surface area contributed by atoms with Crippen LogP contribution in [0.15, 0.2) is 53.6 Å². The molecule has 1 aromatic heterocycles. The third-order valence-electron chi connectivity index (χ3n) is 5.56. The normalized spacial score (nSPS) is 15.8. The van der Waals surface area contributed by atoms with Crippen LogP contribution in [0.3, 0.4) is 0 Å². The van der Waals surface area contributed by atoms with Crippen molar-refractivity contribution in [1.29, 1.82) is 0 Å². The fourth-order valence-electron chi connectivity index (χ4n) is 3.97. The van der Waals surface area contributed by atoms with Crippen LogP contribution in [0.25, 0.3) is 10.9 Å². The SMILES string of the molecule is CCOc1ccc(NC(C)C(=O)c2c[nH]c3ccccc23)cc1S(=O)(=O)N1CCCC1. The number of ketones is 1. The van der Waals surface area contributed by atoms with Gasteiger partial charge in [0.2, 0.25) is 10.0 Å². The first-order valence-electron chi connectivity index (χ1n) is 10.6. The van der Waals surface area contributed by atoms with E-state index in [2.05, 4.69) is 10.3 Å². The van der Waals surface area contributed by atoms with Crippen molar-refractivity contribution in [2.45, 2.75) is 37.6 Å². The van der Waals surface area contributed by atoms with Crippen molar-refractivity contribution >= 4 is 32.4 Å². The number of ether oxygens (including phenoxy) is 1. The number of hydrogen-bond donors (Lipinski definition) is 2. The summed E-state index contributed by atoms with van der Waals surface area (Å²) in [5.74, 6) is 0.255. The summed E-state index contributed by atoms with van der Waals surface area (Å²) in [6.45, 7) is 4.99. The first-order chi connectivity index (χ1) is 14.9. The molecule has 164 valence electrons. The van der Waals surface area contributed by atoms with Gasteiger partial charge in [-0.2, -0.15) is 4.31 Å². The van der Waals surface area contributed by atoms with Gasteiger partial charge in [0.05, 0.1) is 12.6 Å². The topological polar surface area (TPSA) is 91.5 Å². The number of sulfonamides is 1. The molecule has 1 unspecified atom stereocenters. The Kier molecular flexibility index (Phi) is 6.02. The average molecular weight is 442 g/mol. The van der Waals surface area contributed by atoms with Gasteiger partial charge in [0.15, 0.2) is 5.78 Å². The summed E-state index contributed by atoms with van der Waals surface area (Å²) in [5.41, 5.74) is 2.06. The Morgan fingerprint density at radius 3 is 2.68 bits per heavy atom. The van der Waals surface area contributed by atoms with Crippen molar-refractivity contribution in [3.05, 3.63) is 54.2 Å². The Labute approximate surface area is 182 Å². The Morgan fingerprint density at radius 2 is 1.94 bits per heavy atom. The summed E-state index contributed by atoms with van der Waals surface area (Å²) in [5, 5.41) is 4.03. The minimum absolute atomic E-state index is 0.0738. The Bertz CT molecular complexity index is 1200. The Balaban J connectivity index is 1.61. The molecule has 0 radical (unpaired) electrons. The Hall–Kier alpha value is -2.84. The van der Waals surface area contributed by atoms with E-state index in [9.17, 15) is 13.2 Å². The van der Waals surface area contributed by atoms with E-state index >= 15 is 0 Å².